The summed E-state index contributed by atoms with van der Waals surface area (Å²) in [6.07, 6.45) is 3.53. The van der Waals surface area contributed by atoms with E-state index in [0.29, 0.717) is 0 Å². The molecule has 2 atom stereocenters. The molecule has 0 aromatic carbocycles. The minimum atomic E-state index is -0.637. The normalized spacial score (nSPS) is 19.4. The lowest BCUT2D eigenvalue weighted by Crippen LogP contribution is -2.53. The summed E-state index contributed by atoms with van der Waals surface area (Å²) >= 11 is 0. The number of carbonyl (C=O) groups excluding carboxylic acids is 3. The third kappa shape index (κ3) is 7.19. The van der Waals surface area contributed by atoms with Crippen LogP contribution in [0.5, 0.6) is 0 Å². The van der Waals surface area contributed by atoms with E-state index in [2.05, 4.69) is 22.9 Å². The molecule has 0 spiro atoms. The molecule has 0 unspecified atom stereocenters. The molecule has 3 N–H and O–H groups in total. The Morgan fingerprint density at radius 3 is 2.46 bits per heavy atom. The van der Waals surface area contributed by atoms with E-state index < -0.39 is 12.1 Å². The third-order valence-electron chi connectivity index (χ3n) is 3.99. The predicted molar refractivity (Wildman–Crippen MR) is 93.5 cm³/mol. The summed E-state index contributed by atoms with van der Waals surface area (Å²) in [4.78, 5) is 37.8. The highest BCUT2D eigenvalue weighted by Gasteiger charge is 2.23. The van der Waals surface area contributed by atoms with Crippen molar-refractivity contribution < 1.29 is 14.4 Å². The fourth-order valence-electron chi connectivity index (χ4n) is 2.69. The van der Waals surface area contributed by atoms with Crippen LogP contribution in [0.2, 0.25) is 0 Å². The van der Waals surface area contributed by atoms with Gasteiger partial charge in [0.1, 0.15) is 6.04 Å². The molecule has 24 heavy (non-hydrogen) atoms. The first-order chi connectivity index (χ1) is 11.1. The zero-order valence-corrected chi connectivity index (χ0v) is 15.6. The summed E-state index contributed by atoms with van der Waals surface area (Å²) in [7, 11) is 0. The van der Waals surface area contributed by atoms with Gasteiger partial charge in [-0.2, -0.15) is 0 Å². The number of carbonyl (C=O) groups is 3. The van der Waals surface area contributed by atoms with Crippen LogP contribution in [-0.2, 0) is 9.59 Å². The SMILES string of the molecule is C[C@H](NC(=O)NCCC(=O)N1CCCC[C@@H]1C)C(=O)NC(C)(C)C. The highest BCUT2D eigenvalue weighted by atomic mass is 16.2. The molecule has 0 radical (unpaired) electrons. The number of urea groups is 1. The quantitative estimate of drug-likeness (QED) is 0.706. The van der Waals surface area contributed by atoms with Crippen molar-refractivity contribution >= 4 is 17.8 Å². The highest BCUT2D eigenvalue weighted by Crippen LogP contribution is 2.16. The molecule has 0 bridgehead atoms. The van der Waals surface area contributed by atoms with Gasteiger partial charge in [0.25, 0.3) is 0 Å². The first kappa shape index (κ1) is 20.3. The molecule has 1 aliphatic heterocycles. The van der Waals surface area contributed by atoms with Gasteiger partial charge in [-0.3, -0.25) is 9.59 Å². The number of rotatable bonds is 5. The highest BCUT2D eigenvalue weighted by molar-refractivity contribution is 5.87. The van der Waals surface area contributed by atoms with Gasteiger partial charge in [0.05, 0.1) is 0 Å². The Hall–Kier alpha value is -1.79. The van der Waals surface area contributed by atoms with E-state index in [0.717, 1.165) is 19.4 Å². The molecule has 0 aliphatic carbocycles. The van der Waals surface area contributed by atoms with Crippen LogP contribution < -0.4 is 16.0 Å². The summed E-state index contributed by atoms with van der Waals surface area (Å²) < 4.78 is 0. The number of hydrogen-bond donors (Lipinski definition) is 3. The van der Waals surface area contributed by atoms with Crippen LogP contribution in [0.3, 0.4) is 0 Å². The van der Waals surface area contributed by atoms with Crippen molar-refractivity contribution in [3.63, 3.8) is 0 Å². The van der Waals surface area contributed by atoms with Gasteiger partial charge < -0.3 is 20.9 Å². The monoisotopic (exact) mass is 340 g/mol. The Labute approximate surface area is 144 Å². The molecule has 1 fully saturated rings. The fraction of sp³-hybridized carbons (Fsp3) is 0.824. The minimum Gasteiger partial charge on any atom is -0.350 e. The van der Waals surface area contributed by atoms with Crippen LogP contribution in [0.4, 0.5) is 4.79 Å². The molecule has 0 aromatic heterocycles. The van der Waals surface area contributed by atoms with Gasteiger partial charge >= 0.3 is 6.03 Å². The summed E-state index contributed by atoms with van der Waals surface area (Å²) in [5, 5.41) is 8.02. The second-order valence-electron chi connectivity index (χ2n) is 7.54. The van der Waals surface area contributed by atoms with Gasteiger partial charge in [0.15, 0.2) is 0 Å². The van der Waals surface area contributed by atoms with Crippen LogP contribution in [0.15, 0.2) is 0 Å². The molecule has 1 heterocycles. The Bertz CT molecular complexity index is 459. The van der Waals surface area contributed by atoms with Crippen LogP contribution >= 0.6 is 0 Å². The lowest BCUT2D eigenvalue weighted by molar-refractivity contribution is -0.134. The van der Waals surface area contributed by atoms with Gasteiger partial charge in [-0.25, -0.2) is 4.79 Å². The first-order valence-corrected chi connectivity index (χ1v) is 8.76. The molecule has 138 valence electrons. The summed E-state index contributed by atoms with van der Waals surface area (Å²) in [6.45, 7) is 10.4. The van der Waals surface area contributed by atoms with E-state index >= 15 is 0 Å². The van der Waals surface area contributed by atoms with Crippen LogP contribution in [0.25, 0.3) is 0 Å². The van der Waals surface area contributed by atoms with Crippen molar-refractivity contribution in [2.24, 2.45) is 0 Å². The zero-order valence-electron chi connectivity index (χ0n) is 15.6. The second-order valence-corrected chi connectivity index (χ2v) is 7.54. The molecule has 1 rings (SSSR count). The third-order valence-corrected chi connectivity index (χ3v) is 3.99. The molecule has 0 aromatic rings. The molecular weight excluding hydrogens is 308 g/mol. The van der Waals surface area contributed by atoms with Crippen molar-refractivity contribution in [3.8, 4) is 0 Å². The summed E-state index contributed by atoms with van der Waals surface area (Å²) in [5.41, 5.74) is -0.346. The second kappa shape index (κ2) is 8.89. The maximum Gasteiger partial charge on any atom is 0.315 e. The fourth-order valence-corrected chi connectivity index (χ4v) is 2.69. The number of hydrogen-bond acceptors (Lipinski definition) is 3. The molecule has 0 saturated carbocycles. The van der Waals surface area contributed by atoms with Crippen molar-refractivity contribution in [1.82, 2.24) is 20.9 Å². The standard InChI is InChI=1S/C17H32N4O3/c1-12-8-6-7-11-21(12)14(22)9-10-18-16(24)19-13(2)15(23)20-17(3,4)5/h12-13H,6-11H2,1-5H3,(H,20,23)(H2,18,19,24)/t12-,13-/m0/s1. The van der Waals surface area contributed by atoms with E-state index in [9.17, 15) is 14.4 Å². The topological polar surface area (TPSA) is 90.5 Å². The number of piperidine rings is 1. The number of amides is 4. The molecule has 1 saturated heterocycles. The maximum atomic E-state index is 12.2. The van der Waals surface area contributed by atoms with Crippen molar-refractivity contribution in [3.05, 3.63) is 0 Å². The average Bonchev–Trinajstić information content (AvgIpc) is 2.45. The van der Waals surface area contributed by atoms with E-state index in [1.165, 1.54) is 6.42 Å². The molecular formula is C17H32N4O3. The van der Waals surface area contributed by atoms with Crippen molar-refractivity contribution in [1.29, 1.82) is 0 Å². The van der Waals surface area contributed by atoms with Gasteiger partial charge in [-0.1, -0.05) is 0 Å². The largest absolute Gasteiger partial charge is 0.350 e. The minimum absolute atomic E-state index is 0.0704. The van der Waals surface area contributed by atoms with Gasteiger partial charge in [0, 0.05) is 31.1 Å². The maximum absolute atomic E-state index is 12.2. The van der Waals surface area contributed by atoms with Crippen LogP contribution in [-0.4, -0.2) is 53.5 Å². The van der Waals surface area contributed by atoms with Crippen molar-refractivity contribution in [2.75, 3.05) is 13.1 Å². The molecule has 7 heteroatoms. The lowest BCUT2D eigenvalue weighted by Gasteiger charge is -2.33. The molecule has 4 amide bonds. The predicted octanol–water partition coefficient (Wildman–Crippen LogP) is 1.38. The van der Waals surface area contributed by atoms with E-state index in [1.54, 1.807) is 6.92 Å². The Morgan fingerprint density at radius 2 is 1.88 bits per heavy atom. The first-order valence-electron chi connectivity index (χ1n) is 8.76. The lowest BCUT2D eigenvalue weighted by atomic mass is 10.0. The van der Waals surface area contributed by atoms with Gasteiger partial charge in [-0.05, 0) is 53.9 Å². The Kier molecular flexibility index (Phi) is 7.51. The van der Waals surface area contributed by atoms with Crippen LogP contribution in [0, 0.1) is 0 Å². The van der Waals surface area contributed by atoms with Crippen molar-refractivity contribution in [2.45, 2.75) is 77.9 Å². The molecule has 1 aliphatic rings. The summed E-state index contributed by atoms with van der Waals surface area (Å²) in [6, 6.07) is -0.797. The number of likely N-dealkylation sites (tertiary alicyclic amines) is 1. The summed E-state index contributed by atoms with van der Waals surface area (Å²) in [5.74, 6) is -0.170. The number of nitrogens with one attached hydrogen (secondary N) is 3. The Balaban J connectivity index is 2.28. The molecule has 7 nitrogen and oxygen atoms in total. The average molecular weight is 340 g/mol. The van der Waals surface area contributed by atoms with E-state index in [1.807, 2.05) is 25.7 Å². The smallest absolute Gasteiger partial charge is 0.315 e. The zero-order chi connectivity index (χ0) is 18.3. The van der Waals surface area contributed by atoms with Crippen LogP contribution in [0.1, 0.15) is 60.3 Å². The van der Waals surface area contributed by atoms with E-state index in [4.69, 9.17) is 0 Å². The van der Waals surface area contributed by atoms with Gasteiger partial charge in [0.2, 0.25) is 11.8 Å². The van der Waals surface area contributed by atoms with E-state index in [-0.39, 0.29) is 36.4 Å². The Morgan fingerprint density at radius 1 is 1.21 bits per heavy atom. The van der Waals surface area contributed by atoms with Gasteiger partial charge in [-0.15, -0.1) is 0 Å². The number of nitrogens with zero attached hydrogens (tertiary/aromatic N) is 1.